The van der Waals surface area contributed by atoms with Crippen molar-refractivity contribution in [2.24, 2.45) is 5.73 Å². The smallest absolute Gasteiger partial charge is 0.185 e. The highest BCUT2D eigenvalue weighted by Gasteiger charge is 1.77. The van der Waals surface area contributed by atoms with E-state index in [2.05, 4.69) is 5.32 Å². The van der Waals surface area contributed by atoms with Gasteiger partial charge in [0.1, 0.15) is 5.82 Å². The van der Waals surface area contributed by atoms with Gasteiger partial charge in [0.2, 0.25) is 0 Å². The van der Waals surface area contributed by atoms with Crippen LogP contribution >= 0.6 is 0 Å². The summed E-state index contributed by atoms with van der Waals surface area (Å²) in [4.78, 5) is 0. The fourth-order valence-corrected chi connectivity index (χ4v) is 0.605. The van der Waals surface area contributed by atoms with Gasteiger partial charge in [0.05, 0.1) is 0 Å². The molecule has 4 heteroatoms. The SMILES string of the molecule is CCNC(=N)N.Fc1ccccc1. The van der Waals surface area contributed by atoms with E-state index < -0.39 is 0 Å². The Bertz CT molecular complexity index is 236. The molecule has 0 atom stereocenters. The number of benzene rings is 1. The maximum absolute atomic E-state index is 11.9. The molecule has 1 rings (SSSR count). The van der Waals surface area contributed by atoms with Crippen molar-refractivity contribution in [3.8, 4) is 0 Å². The maximum atomic E-state index is 11.9. The van der Waals surface area contributed by atoms with Crippen molar-refractivity contribution >= 4 is 5.96 Å². The zero-order valence-corrected chi connectivity index (χ0v) is 7.55. The number of nitrogens with two attached hydrogens (primary N) is 1. The van der Waals surface area contributed by atoms with Crippen molar-refractivity contribution in [3.05, 3.63) is 36.1 Å². The molecule has 0 saturated heterocycles. The summed E-state index contributed by atoms with van der Waals surface area (Å²) in [5.74, 6) is -0.139. The standard InChI is InChI=1S/C6H5F.C3H9N3/c7-6-4-2-1-3-5-6;1-2-6-3(4)5/h1-5H;2H2,1H3,(H4,4,5,6). The number of nitrogens with one attached hydrogen (secondary N) is 2. The summed E-state index contributed by atoms with van der Waals surface area (Å²) >= 11 is 0. The Morgan fingerprint density at radius 2 is 2.00 bits per heavy atom. The second-order valence-electron chi connectivity index (χ2n) is 2.24. The number of rotatable bonds is 1. The Labute approximate surface area is 77.3 Å². The van der Waals surface area contributed by atoms with Crippen LogP contribution in [0.3, 0.4) is 0 Å². The first-order chi connectivity index (χ1) is 6.16. The summed E-state index contributed by atoms with van der Waals surface area (Å²) in [5, 5.41) is 9.13. The lowest BCUT2D eigenvalue weighted by Crippen LogP contribution is -2.29. The van der Waals surface area contributed by atoms with Gasteiger partial charge < -0.3 is 11.1 Å². The van der Waals surface area contributed by atoms with E-state index in [4.69, 9.17) is 11.1 Å². The van der Waals surface area contributed by atoms with Crippen LogP contribution in [0.15, 0.2) is 30.3 Å². The summed E-state index contributed by atoms with van der Waals surface area (Å²) in [6.45, 7) is 2.62. The topological polar surface area (TPSA) is 61.9 Å². The zero-order chi connectivity index (χ0) is 10.1. The zero-order valence-electron chi connectivity index (χ0n) is 7.55. The molecule has 3 nitrogen and oxygen atoms in total. The first-order valence-corrected chi connectivity index (χ1v) is 3.95. The molecule has 0 aliphatic rings. The van der Waals surface area contributed by atoms with Crippen molar-refractivity contribution in [1.82, 2.24) is 5.32 Å². The van der Waals surface area contributed by atoms with Crippen LogP contribution in [0.2, 0.25) is 0 Å². The van der Waals surface area contributed by atoms with Gasteiger partial charge in [-0.15, -0.1) is 0 Å². The largest absolute Gasteiger partial charge is 0.370 e. The van der Waals surface area contributed by atoms with E-state index in [9.17, 15) is 4.39 Å². The number of hydrogen-bond donors (Lipinski definition) is 3. The van der Waals surface area contributed by atoms with Crippen LogP contribution in [0.25, 0.3) is 0 Å². The predicted octanol–water partition coefficient (Wildman–Crippen LogP) is 1.32. The third-order valence-electron chi connectivity index (χ3n) is 1.10. The Morgan fingerprint density at radius 3 is 2.15 bits per heavy atom. The fourth-order valence-electron chi connectivity index (χ4n) is 0.605. The van der Waals surface area contributed by atoms with Crippen LogP contribution in [0.5, 0.6) is 0 Å². The van der Waals surface area contributed by atoms with Gasteiger partial charge >= 0.3 is 0 Å². The lowest BCUT2D eigenvalue weighted by Gasteiger charge is -1.92. The normalized spacial score (nSPS) is 8.15. The Kier molecular flexibility index (Phi) is 6.23. The van der Waals surface area contributed by atoms with Crippen LogP contribution in [-0.4, -0.2) is 12.5 Å². The highest BCUT2D eigenvalue weighted by atomic mass is 19.1. The molecule has 13 heavy (non-hydrogen) atoms. The van der Waals surface area contributed by atoms with Gasteiger partial charge in [0.15, 0.2) is 5.96 Å². The molecule has 0 fully saturated rings. The number of guanidine groups is 1. The summed E-state index contributed by atoms with van der Waals surface area (Å²) in [5.41, 5.74) is 4.88. The van der Waals surface area contributed by atoms with Crippen LogP contribution in [0.1, 0.15) is 6.92 Å². The van der Waals surface area contributed by atoms with E-state index in [1.807, 2.05) is 6.92 Å². The predicted molar refractivity (Wildman–Crippen MR) is 52.0 cm³/mol. The molecule has 0 saturated carbocycles. The average molecular weight is 183 g/mol. The molecule has 0 spiro atoms. The minimum Gasteiger partial charge on any atom is -0.370 e. The van der Waals surface area contributed by atoms with E-state index in [0.29, 0.717) is 0 Å². The van der Waals surface area contributed by atoms with Gasteiger partial charge in [0, 0.05) is 6.54 Å². The van der Waals surface area contributed by atoms with Crippen molar-refractivity contribution in [2.75, 3.05) is 6.54 Å². The van der Waals surface area contributed by atoms with Gasteiger partial charge in [-0.05, 0) is 19.1 Å². The minimum atomic E-state index is -0.178. The molecule has 0 aliphatic carbocycles. The average Bonchev–Trinajstić information content (AvgIpc) is 2.06. The quantitative estimate of drug-likeness (QED) is 0.454. The van der Waals surface area contributed by atoms with Gasteiger partial charge in [-0.1, -0.05) is 18.2 Å². The molecule has 0 aromatic heterocycles. The van der Waals surface area contributed by atoms with Crippen molar-refractivity contribution in [1.29, 1.82) is 5.41 Å². The molecular formula is C9H14FN3. The highest BCUT2D eigenvalue weighted by molar-refractivity contribution is 5.74. The Balaban J connectivity index is 0.000000226. The van der Waals surface area contributed by atoms with E-state index in [1.165, 1.54) is 12.1 Å². The highest BCUT2D eigenvalue weighted by Crippen LogP contribution is 1.91. The Hall–Kier alpha value is -1.58. The van der Waals surface area contributed by atoms with Gasteiger partial charge in [-0.2, -0.15) is 0 Å². The van der Waals surface area contributed by atoms with Gasteiger partial charge in [-0.3, -0.25) is 5.41 Å². The van der Waals surface area contributed by atoms with Crippen LogP contribution < -0.4 is 11.1 Å². The Morgan fingerprint density at radius 1 is 1.46 bits per heavy atom. The summed E-state index contributed by atoms with van der Waals surface area (Å²) in [7, 11) is 0. The van der Waals surface area contributed by atoms with Crippen molar-refractivity contribution in [3.63, 3.8) is 0 Å². The number of halogens is 1. The molecule has 4 N–H and O–H groups in total. The van der Waals surface area contributed by atoms with Gasteiger partial charge in [-0.25, -0.2) is 4.39 Å². The van der Waals surface area contributed by atoms with E-state index in [0.717, 1.165) is 6.54 Å². The third-order valence-corrected chi connectivity index (χ3v) is 1.10. The summed E-state index contributed by atoms with van der Waals surface area (Å²) in [6, 6.07) is 7.94. The van der Waals surface area contributed by atoms with Crippen LogP contribution in [0, 0.1) is 11.2 Å². The molecule has 0 bridgehead atoms. The molecule has 0 unspecified atom stereocenters. The molecule has 72 valence electrons. The first-order valence-electron chi connectivity index (χ1n) is 3.95. The minimum absolute atomic E-state index is 0.0394. The molecule has 0 amide bonds. The summed E-state index contributed by atoms with van der Waals surface area (Å²) < 4.78 is 11.9. The van der Waals surface area contributed by atoms with E-state index >= 15 is 0 Å². The monoisotopic (exact) mass is 183 g/mol. The molecule has 1 aromatic rings. The molecular weight excluding hydrogens is 169 g/mol. The molecule has 0 radical (unpaired) electrons. The maximum Gasteiger partial charge on any atom is 0.185 e. The molecule has 1 aromatic carbocycles. The lowest BCUT2D eigenvalue weighted by molar-refractivity contribution is 0.628. The summed E-state index contributed by atoms with van der Waals surface area (Å²) in [6.07, 6.45) is 0. The first kappa shape index (κ1) is 11.4. The molecule has 0 heterocycles. The van der Waals surface area contributed by atoms with Gasteiger partial charge in [0.25, 0.3) is 0 Å². The second-order valence-corrected chi connectivity index (χ2v) is 2.24. The fraction of sp³-hybridized carbons (Fsp3) is 0.222. The lowest BCUT2D eigenvalue weighted by atomic mass is 10.4. The second kappa shape index (κ2) is 7.09. The third kappa shape index (κ3) is 8.33. The van der Waals surface area contributed by atoms with E-state index in [1.54, 1.807) is 18.2 Å². The van der Waals surface area contributed by atoms with Crippen LogP contribution in [0.4, 0.5) is 4.39 Å². The number of hydrogen-bond acceptors (Lipinski definition) is 1. The van der Waals surface area contributed by atoms with Crippen molar-refractivity contribution < 1.29 is 4.39 Å². The van der Waals surface area contributed by atoms with Crippen molar-refractivity contribution in [2.45, 2.75) is 6.92 Å². The van der Waals surface area contributed by atoms with E-state index in [-0.39, 0.29) is 11.8 Å². The van der Waals surface area contributed by atoms with Crippen LogP contribution in [-0.2, 0) is 0 Å². The molecule has 0 aliphatic heterocycles.